The summed E-state index contributed by atoms with van der Waals surface area (Å²) in [6, 6.07) is 12.3. The number of alkyl halides is 3. The second kappa shape index (κ2) is 7.86. The van der Waals surface area contributed by atoms with E-state index in [2.05, 4.69) is 4.99 Å². The molecule has 2 aromatic rings. The van der Waals surface area contributed by atoms with E-state index in [1.54, 1.807) is 31.2 Å². The van der Waals surface area contributed by atoms with Gasteiger partial charge >= 0.3 is 6.18 Å². The van der Waals surface area contributed by atoms with Gasteiger partial charge < -0.3 is 9.84 Å². The van der Waals surface area contributed by atoms with Crippen LogP contribution in [0.5, 0.6) is 5.75 Å². The number of aliphatic imine (C=N–C) groups is 1. The fourth-order valence-electron chi connectivity index (χ4n) is 2.13. The quantitative estimate of drug-likeness (QED) is 0.471. The van der Waals surface area contributed by atoms with E-state index in [0.29, 0.717) is 11.4 Å². The molecule has 0 radical (unpaired) electrons. The molecule has 0 spiro atoms. The Balaban J connectivity index is 2.50. The lowest BCUT2D eigenvalue weighted by Crippen LogP contribution is -2.26. The number of carbonyl (C=O) groups is 1. The molecule has 0 aliphatic heterocycles. The molecule has 0 saturated carbocycles. The molecular weight excluding hydrogens is 347 g/mol. The predicted molar refractivity (Wildman–Crippen MR) is 92.9 cm³/mol. The Kier molecular flexibility index (Phi) is 5.82. The molecule has 0 aromatic heterocycles. The number of nitrogens with zero attached hydrogens (tertiary/aromatic N) is 1. The number of aryl methyl sites for hydroxylation is 1. The molecule has 0 aliphatic carbocycles. The highest BCUT2D eigenvalue weighted by Gasteiger charge is 2.41. The second-order valence-corrected chi connectivity index (χ2v) is 5.41. The van der Waals surface area contributed by atoms with Gasteiger partial charge in [0, 0.05) is 11.8 Å². The fourth-order valence-corrected chi connectivity index (χ4v) is 2.13. The first kappa shape index (κ1) is 19.2. The topological polar surface area (TPSA) is 58.9 Å². The molecule has 136 valence electrons. The zero-order chi connectivity index (χ0) is 19.3. The summed E-state index contributed by atoms with van der Waals surface area (Å²) in [6.07, 6.45) is -4.42. The van der Waals surface area contributed by atoms with E-state index in [9.17, 15) is 23.1 Å². The van der Waals surface area contributed by atoms with Crippen molar-refractivity contribution in [3.63, 3.8) is 0 Å². The Labute approximate surface area is 148 Å². The molecule has 0 amide bonds. The average molecular weight is 363 g/mol. The summed E-state index contributed by atoms with van der Waals surface area (Å²) in [5, 5.41) is 10.2. The van der Waals surface area contributed by atoms with Crippen LogP contribution >= 0.6 is 0 Å². The van der Waals surface area contributed by atoms with Crippen LogP contribution in [0.1, 0.15) is 11.1 Å². The number of aliphatic hydroxyl groups is 1. The fraction of sp³-hybridized carbons (Fsp3) is 0.158. The summed E-state index contributed by atoms with van der Waals surface area (Å²) in [4.78, 5) is 15.6. The van der Waals surface area contributed by atoms with Gasteiger partial charge in [-0.3, -0.25) is 9.79 Å². The lowest BCUT2D eigenvalue weighted by molar-refractivity contribution is -0.165. The molecule has 0 saturated heterocycles. The molecule has 7 heteroatoms. The van der Waals surface area contributed by atoms with Crippen molar-refractivity contribution >= 4 is 23.4 Å². The molecule has 1 N–H and O–H groups in total. The molecule has 0 fully saturated rings. The SMILES string of the molecule is COc1ccc(/C(O)=C(/C=Nc2cccc(C)c2)C(=O)C(F)(F)F)cc1. The molecular formula is C19H16F3NO3. The zero-order valence-electron chi connectivity index (χ0n) is 14.0. The number of halogens is 3. The second-order valence-electron chi connectivity index (χ2n) is 5.41. The van der Waals surface area contributed by atoms with Gasteiger partial charge in [0.15, 0.2) is 0 Å². The maximum absolute atomic E-state index is 12.9. The highest BCUT2D eigenvalue weighted by Crippen LogP contribution is 2.26. The molecule has 0 heterocycles. The first-order chi connectivity index (χ1) is 12.2. The number of methoxy groups -OCH3 is 1. The van der Waals surface area contributed by atoms with E-state index in [1.807, 2.05) is 0 Å². The van der Waals surface area contributed by atoms with Crippen LogP contribution in [0.3, 0.4) is 0 Å². The first-order valence-electron chi connectivity index (χ1n) is 7.52. The van der Waals surface area contributed by atoms with Gasteiger partial charge in [0.1, 0.15) is 11.5 Å². The monoisotopic (exact) mass is 363 g/mol. The highest BCUT2D eigenvalue weighted by atomic mass is 19.4. The van der Waals surface area contributed by atoms with Crippen LogP contribution in [0.2, 0.25) is 0 Å². The Hall–Kier alpha value is -3.09. The smallest absolute Gasteiger partial charge is 0.455 e. The molecule has 0 aliphatic rings. The number of Topliss-reactive ketones (excluding diaryl/α,β-unsaturated/α-hetero) is 1. The van der Waals surface area contributed by atoms with Crippen molar-refractivity contribution in [2.45, 2.75) is 13.1 Å². The minimum absolute atomic E-state index is 0.0362. The van der Waals surface area contributed by atoms with Gasteiger partial charge in [-0.1, -0.05) is 12.1 Å². The molecule has 2 rings (SSSR count). The van der Waals surface area contributed by atoms with Crippen molar-refractivity contribution in [3.05, 3.63) is 65.2 Å². The average Bonchev–Trinajstić information content (AvgIpc) is 2.61. The molecule has 26 heavy (non-hydrogen) atoms. The van der Waals surface area contributed by atoms with Crippen LogP contribution in [-0.2, 0) is 4.79 Å². The highest BCUT2D eigenvalue weighted by molar-refractivity contribution is 6.20. The van der Waals surface area contributed by atoms with Crippen molar-refractivity contribution in [2.24, 2.45) is 4.99 Å². The van der Waals surface area contributed by atoms with Crippen LogP contribution < -0.4 is 4.74 Å². The maximum Gasteiger partial charge on any atom is 0.455 e. The van der Waals surface area contributed by atoms with Crippen molar-refractivity contribution < 1.29 is 27.8 Å². The van der Waals surface area contributed by atoms with E-state index >= 15 is 0 Å². The number of aliphatic hydroxyl groups excluding tert-OH is 1. The summed E-state index contributed by atoms with van der Waals surface area (Å²) < 4.78 is 43.7. The number of allylic oxidation sites excluding steroid dienone is 1. The van der Waals surface area contributed by atoms with E-state index < -0.39 is 23.3 Å². The third kappa shape index (κ3) is 4.72. The maximum atomic E-state index is 12.9. The van der Waals surface area contributed by atoms with Gasteiger partial charge in [-0.25, -0.2) is 0 Å². The summed E-state index contributed by atoms with van der Waals surface area (Å²) >= 11 is 0. The number of benzene rings is 2. The normalized spacial score (nSPS) is 12.8. The van der Waals surface area contributed by atoms with E-state index in [0.717, 1.165) is 11.8 Å². The largest absolute Gasteiger partial charge is 0.506 e. The third-order valence-corrected chi connectivity index (χ3v) is 3.47. The molecule has 0 bridgehead atoms. The summed E-state index contributed by atoms with van der Waals surface area (Å²) in [5.41, 5.74) is 0.310. The minimum atomic E-state index is -5.14. The summed E-state index contributed by atoms with van der Waals surface area (Å²) in [7, 11) is 1.43. The van der Waals surface area contributed by atoms with Gasteiger partial charge in [-0.15, -0.1) is 0 Å². The summed E-state index contributed by atoms with van der Waals surface area (Å²) in [6.45, 7) is 1.80. The number of hydrogen-bond donors (Lipinski definition) is 1. The number of rotatable bonds is 5. The molecule has 0 unspecified atom stereocenters. The third-order valence-electron chi connectivity index (χ3n) is 3.47. The Bertz CT molecular complexity index is 853. The standard InChI is InChI=1S/C19H16F3NO3/c1-12-4-3-5-14(10-12)23-11-16(18(25)19(20,21)22)17(24)13-6-8-15(26-2)9-7-13/h3-11,24H,1-2H3/b17-16+,23-11?. The van der Waals surface area contributed by atoms with Crippen molar-refractivity contribution in [1.29, 1.82) is 0 Å². The molecule has 4 nitrogen and oxygen atoms in total. The van der Waals surface area contributed by atoms with Gasteiger partial charge in [0.05, 0.1) is 18.4 Å². The van der Waals surface area contributed by atoms with Crippen LogP contribution in [0, 0.1) is 6.92 Å². The summed E-state index contributed by atoms with van der Waals surface area (Å²) in [5.74, 6) is -2.53. The minimum Gasteiger partial charge on any atom is -0.506 e. The van der Waals surface area contributed by atoms with Crippen LogP contribution in [0.25, 0.3) is 5.76 Å². The Morgan fingerprint density at radius 2 is 1.81 bits per heavy atom. The Morgan fingerprint density at radius 3 is 2.35 bits per heavy atom. The molecule has 2 aromatic carbocycles. The van der Waals surface area contributed by atoms with Crippen molar-refractivity contribution in [1.82, 2.24) is 0 Å². The number of carbonyl (C=O) groups excluding carboxylic acids is 1. The van der Waals surface area contributed by atoms with Crippen LogP contribution in [-0.4, -0.2) is 30.4 Å². The van der Waals surface area contributed by atoms with Gasteiger partial charge in [-0.2, -0.15) is 13.2 Å². The van der Waals surface area contributed by atoms with Crippen molar-refractivity contribution in [2.75, 3.05) is 7.11 Å². The predicted octanol–water partition coefficient (Wildman–Crippen LogP) is 4.81. The lowest BCUT2D eigenvalue weighted by Gasteiger charge is -2.09. The zero-order valence-corrected chi connectivity index (χ0v) is 14.0. The van der Waals surface area contributed by atoms with E-state index in [4.69, 9.17) is 4.74 Å². The molecule has 0 atom stereocenters. The van der Waals surface area contributed by atoms with Crippen molar-refractivity contribution in [3.8, 4) is 5.75 Å². The lowest BCUT2D eigenvalue weighted by atomic mass is 10.0. The number of ketones is 1. The van der Waals surface area contributed by atoms with Crippen LogP contribution in [0.4, 0.5) is 18.9 Å². The van der Waals surface area contributed by atoms with E-state index in [-0.39, 0.29) is 5.56 Å². The van der Waals surface area contributed by atoms with Crippen LogP contribution in [0.15, 0.2) is 59.1 Å². The Morgan fingerprint density at radius 1 is 1.15 bits per heavy atom. The number of ether oxygens (including phenoxy) is 1. The van der Waals surface area contributed by atoms with E-state index in [1.165, 1.54) is 31.4 Å². The van der Waals surface area contributed by atoms with Gasteiger partial charge in [-0.05, 0) is 48.9 Å². The van der Waals surface area contributed by atoms with Gasteiger partial charge in [0.2, 0.25) is 0 Å². The first-order valence-corrected chi connectivity index (χ1v) is 7.52. The number of hydrogen-bond acceptors (Lipinski definition) is 4. The van der Waals surface area contributed by atoms with Gasteiger partial charge in [0.25, 0.3) is 5.78 Å².